The van der Waals surface area contributed by atoms with Crippen molar-refractivity contribution in [3.8, 4) is 0 Å². The lowest BCUT2D eigenvalue weighted by Crippen LogP contribution is -2.45. The molecule has 1 atom stereocenters. The highest BCUT2D eigenvalue weighted by molar-refractivity contribution is 6.37. The van der Waals surface area contributed by atoms with Gasteiger partial charge in [-0.1, -0.05) is 17.7 Å². The third-order valence-corrected chi connectivity index (χ3v) is 4.03. The highest BCUT2D eigenvalue weighted by Gasteiger charge is 2.31. The summed E-state index contributed by atoms with van der Waals surface area (Å²) >= 11 is 6.40. The lowest BCUT2D eigenvalue weighted by atomic mass is 10.0. The van der Waals surface area contributed by atoms with Crippen LogP contribution in [-0.2, 0) is 11.3 Å². The van der Waals surface area contributed by atoms with Crippen molar-refractivity contribution in [2.45, 2.75) is 39.0 Å². The normalized spacial score (nSPS) is 17.7. The fraction of sp³-hybridized carbons (Fsp3) is 0.438. The molecular formula is C16H19ClN2O3. The summed E-state index contributed by atoms with van der Waals surface area (Å²) in [6.07, 6.45) is 1.09. The average Bonchev–Trinajstić information content (AvgIpc) is 3.13. The van der Waals surface area contributed by atoms with Crippen LogP contribution in [-0.4, -0.2) is 34.0 Å². The predicted octanol–water partition coefficient (Wildman–Crippen LogP) is 3.98. The minimum atomic E-state index is -0.991. The standard InChI is InChI=1S/C16H19ClN2O3/c1-16(2,3)19(15(20)21)13-6-4-5-12-14(13)11(17)8-18(12)7-10-9-22-10/h4-6,8,10H,7,9H2,1-3H3,(H,20,21). The number of anilines is 1. The number of hydrogen-bond acceptors (Lipinski definition) is 2. The molecule has 1 N–H and O–H groups in total. The molecule has 3 rings (SSSR count). The summed E-state index contributed by atoms with van der Waals surface area (Å²) in [6, 6.07) is 5.61. The van der Waals surface area contributed by atoms with Gasteiger partial charge in [-0.05, 0) is 32.9 Å². The van der Waals surface area contributed by atoms with E-state index in [1.54, 1.807) is 6.07 Å². The number of amides is 1. The van der Waals surface area contributed by atoms with E-state index in [2.05, 4.69) is 0 Å². The van der Waals surface area contributed by atoms with Crippen LogP contribution in [0.3, 0.4) is 0 Å². The van der Waals surface area contributed by atoms with Gasteiger partial charge < -0.3 is 14.4 Å². The van der Waals surface area contributed by atoms with Crippen molar-refractivity contribution in [1.29, 1.82) is 0 Å². The zero-order valence-electron chi connectivity index (χ0n) is 12.8. The van der Waals surface area contributed by atoms with Gasteiger partial charge in [0.1, 0.15) is 0 Å². The summed E-state index contributed by atoms with van der Waals surface area (Å²) in [5.41, 5.74) is 0.969. The first-order valence-corrected chi connectivity index (χ1v) is 7.59. The summed E-state index contributed by atoms with van der Waals surface area (Å²) in [4.78, 5) is 13.1. The van der Waals surface area contributed by atoms with Crippen molar-refractivity contribution >= 4 is 34.3 Å². The molecule has 6 heteroatoms. The van der Waals surface area contributed by atoms with Gasteiger partial charge in [-0.15, -0.1) is 0 Å². The van der Waals surface area contributed by atoms with E-state index in [0.717, 1.165) is 24.1 Å². The first kappa shape index (κ1) is 15.2. The Balaban J connectivity index is 2.17. The molecule has 2 heterocycles. The van der Waals surface area contributed by atoms with Gasteiger partial charge in [0.15, 0.2) is 0 Å². The number of benzene rings is 1. The van der Waals surface area contributed by atoms with Crippen LogP contribution in [0, 0.1) is 0 Å². The smallest absolute Gasteiger partial charge is 0.412 e. The summed E-state index contributed by atoms with van der Waals surface area (Å²) in [6.45, 7) is 7.09. The number of aromatic nitrogens is 1. The van der Waals surface area contributed by atoms with Gasteiger partial charge in [-0.25, -0.2) is 4.79 Å². The number of carboxylic acid groups (broad SMARTS) is 1. The van der Waals surface area contributed by atoms with Crippen LogP contribution in [0.2, 0.25) is 5.02 Å². The van der Waals surface area contributed by atoms with Crippen molar-refractivity contribution in [3.63, 3.8) is 0 Å². The van der Waals surface area contributed by atoms with E-state index in [-0.39, 0.29) is 6.10 Å². The quantitative estimate of drug-likeness (QED) is 0.870. The number of carbonyl (C=O) groups is 1. The van der Waals surface area contributed by atoms with Crippen LogP contribution in [0.5, 0.6) is 0 Å². The Morgan fingerprint density at radius 1 is 1.50 bits per heavy atom. The molecule has 1 aromatic carbocycles. The Labute approximate surface area is 134 Å². The second-order valence-electron chi connectivity index (χ2n) is 6.54. The number of hydrogen-bond donors (Lipinski definition) is 1. The molecule has 1 aromatic heterocycles. The topological polar surface area (TPSA) is 58.0 Å². The van der Waals surface area contributed by atoms with E-state index in [4.69, 9.17) is 16.3 Å². The van der Waals surface area contributed by atoms with Crippen molar-refractivity contribution in [1.82, 2.24) is 4.57 Å². The Bertz CT molecular complexity index is 729. The molecule has 1 fully saturated rings. The zero-order chi connectivity index (χ0) is 16.1. The van der Waals surface area contributed by atoms with E-state index in [1.165, 1.54) is 4.90 Å². The summed E-state index contributed by atoms with van der Waals surface area (Å²) in [5, 5.41) is 11.0. The molecule has 1 amide bonds. The van der Waals surface area contributed by atoms with Gasteiger partial charge in [-0.2, -0.15) is 0 Å². The summed E-state index contributed by atoms with van der Waals surface area (Å²) in [5.74, 6) is 0. The first-order chi connectivity index (χ1) is 10.3. The average molecular weight is 323 g/mol. The molecule has 0 aliphatic carbocycles. The highest BCUT2D eigenvalue weighted by atomic mass is 35.5. The maximum Gasteiger partial charge on any atom is 0.412 e. The zero-order valence-corrected chi connectivity index (χ0v) is 13.6. The monoisotopic (exact) mass is 322 g/mol. The third-order valence-electron chi connectivity index (χ3n) is 3.74. The molecule has 1 aliphatic rings. The van der Waals surface area contributed by atoms with E-state index >= 15 is 0 Å². The minimum absolute atomic E-state index is 0.230. The lowest BCUT2D eigenvalue weighted by molar-refractivity contribution is 0.196. The number of ether oxygens (including phenoxy) is 1. The Hall–Kier alpha value is -1.72. The van der Waals surface area contributed by atoms with Crippen molar-refractivity contribution in [2.75, 3.05) is 11.5 Å². The van der Waals surface area contributed by atoms with E-state index in [1.807, 2.05) is 43.7 Å². The number of nitrogens with zero attached hydrogens (tertiary/aromatic N) is 2. The van der Waals surface area contributed by atoms with Crippen molar-refractivity contribution in [3.05, 3.63) is 29.4 Å². The van der Waals surface area contributed by atoms with Crippen LogP contribution in [0.1, 0.15) is 20.8 Å². The second kappa shape index (κ2) is 5.18. The maximum atomic E-state index is 11.8. The molecule has 5 nitrogen and oxygen atoms in total. The van der Waals surface area contributed by atoms with Gasteiger partial charge in [0, 0.05) is 17.1 Å². The SMILES string of the molecule is CC(C)(C)N(C(=O)O)c1cccc2c1c(Cl)cn2CC1CO1. The first-order valence-electron chi connectivity index (χ1n) is 7.21. The van der Waals surface area contributed by atoms with Crippen LogP contribution < -0.4 is 4.90 Å². The lowest BCUT2D eigenvalue weighted by Gasteiger charge is -2.33. The number of fused-ring (bicyclic) bond motifs is 1. The Morgan fingerprint density at radius 3 is 2.73 bits per heavy atom. The number of rotatable bonds is 3. The van der Waals surface area contributed by atoms with Gasteiger partial charge >= 0.3 is 6.09 Å². The van der Waals surface area contributed by atoms with E-state index in [0.29, 0.717) is 10.7 Å². The van der Waals surface area contributed by atoms with Crippen LogP contribution in [0.15, 0.2) is 24.4 Å². The van der Waals surface area contributed by atoms with Gasteiger partial charge in [0.25, 0.3) is 0 Å². The molecule has 0 spiro atoms. The molecular weight excluding hydrogens is 304 g/mol. The van der Waals surface area contributed by atoms with Crippen LogP contribution >= 0.6 is 11.6 Å². The number of epoxide rings is 1. The largest absolute Gasteiger partial charge is 0.465 e. The van der Waals surface area contributed by atoms with E-state index in [9.17, 15) is 9.90 Å². The minimum Gasteiger partial charge on any atom is -0.465 e. The van der Waals surface area contributed by atoms with Gasteiger partial charge in [-0.3, -0.25) is 4.90 Å². The molecule has 2 aromatic rings. The summed E-state index contributed by atoms with van der Waals surface area (Å²) < 4.78 is 7.30. The Kier molecular flexibility index (Phi) is 3.57. The number of halogens is 1. The van der Waals surface area contributed by atoms with E-state index < -0.39 is 11.6 Å². The fourth-order valence-corrected chi connectivity index (χ4v) is 3.08. The molecule has 1 saturated heterocycles. The molecule has 1 unspecified atom stereocenters. The molecule has 22 heavy (non-hydrogen) atoms. The third kappa shape index (κ3) is 2.66. The van der Waals surface area contributed by atoms with Crippen molar-refractivity contribution < 1.29 is 14.6 Å². The molecule has 0 bridgehead atoms. The molecule has 0 radical (unpaired) electrons. The van der Waals surface area contributed by atoms with Crippen LogP contribution in [0.25, 0.3) is 10.9 Å². The summed E-state index contributed by atoms with van der Waals surface area (Å²) in [7, 11) is 0. The van der Waals surface area contributed by atoms with Crippen LogP contribution in [0.4, 0.5) is 10.5 Å². The maximum absolute atomic E-state index is 11.8. The molecule has 118 valence electrons. The Morgan fingerprint density at radius 2 is 2.18 bits per heavy atom. The highest BCUT2D eigenvalue weighted by Crippen LogP contribution is 2.37. The predicted molar refractivity (Wildman–Crippen MR) is 86.9 cm³/mol. The molecule has 0 saturated carbocycles. The van der Waals surface area contributed by atoms with Crippen molar-refractivity contribution in [2.24, 2.45) is 0 Å². The second-order valence-corrected chi connectivity index (χ2v) is 6.95. The van der Waals surface area contributed by atoms with Gasteiger partial charge in [0.05, 0.1) is 35.5 Å². The van der Waals surface area contributed by atoms with Gasteiger partial charge in [0.2, 0.25) is 0 Å². The fourth-order valence-electron chi connectivity index (χ4n) is 2.76. The molecule has 1 aliphatic heterocycles.